The quantitative estimate of drug-likeness (QED) is 0.248. The largest absolute Gasteiger partial charge is 0.368 e. The molecule has 0 radical (unpaired) electrons. The van der Waals surface area contributed by atoms with Crippen molar-refractivity contribution in [1.29, 1.82) is 0 Å². The van der Waals surface area contributed by atoms with E-state index in [1.165, 1.54) is 5.56 Å². The number of imidazole rings is 1. The van der Waals surface area contributed by atoms with E-state index in [4.69, 9.17) is 4.98 Å². The number of piperazine rings is 1. The number of anilines is 4. The Morgan fingerprint density at radius 1 is 1.00 bits per heavy atom. The summed E-state index contributed by atoms with van der Waals surface area (Å²) < 4.78 is 0. The fourth-order valence-corrected chi connectivity index (χ4v) is 5.05. The van der Waals surface area contributed by atoms with Crippen LogP contribution < -0.4 is 15.5 Å². The highest BCUT2D eigenvalue weighted by Gasteiger charge is 2.23. The molecule has 1 amide bonds. The van der Waals surface area contributed by atoms with Crippen LogP contribution in [0.5, 0.6) is 0 Å². The van der Waals surface area contributed by atoms with Gasteiger partial charge >= 0.3 is 0 Å². The number of aromatic amines is 2. The van der Waals surface area contributed by atoms with Crippen molar-refractivity contribution in [2.24, 2.45) is 0 Å². The molecule has 0 spiro atoms. The molecule has 0 unspecified atom stereocenters. The van der Waals surface area contributed by atoms with Crippen LogP contribution in [0.4, 0.5) is 23.0 Å². The number of rotatable bonds is 6. The summed E-state index contributed by atoms with van der Waals surface area (Å²) in [4.78, 5) is 26.5. The fourth-order valence-electron chi connectivity index (χ4n) is 5.05. The number of H-pyrrole nitrogens is 2. The SMILES string of the molecule is CC(C)c1ccccc1Nc1nc2cc(C(=O)Nc3ccc4cn[nH]c4c3)c(N3CCN(C)CC3)cc2[nH]1. The molecule has 0 aliphatic carbocycles. The van der Waals surface area contributed by atoms with Gasteiger partial charge in [-0.15, -0.1) is 0 Å². The van der Waals surface area contributed by atoms with Crippen molar-refractivity contribution < 1.29 is 4.79 Å². The number of nitrogens with one attached hydrogen (secondary N) is 4. The summed E-state index contributed by atoms with van der Waals surface area (Å²) in [7, 11) is 2.13. The second-order valence-electron chi connectivity index (χ2n) is 10.3. The first-order valence-electron chi connectivity index (χ1n) is 13.0. The zero-order valence-electron chi connectivity index (χ0n) is 21.9. The Bertz CT molecular complexity index is 1610. The van der Waals surface area contributed by atoms with Gasteiger partial charge in [0.25, 0.3) is 5.91 Å². The maximum atomic E-state index is 13.6. The van der Waals surface area contributed by atoms with Crippen molar-refractivity contribution in [3.63, 3.8) is 0 Å². The molecule has 38 heavy (non-hydrogen) atoms. The van der Waals surface area contributed by atoms with E-state index in [1.807, 2.05) is 30.3 Å². The molecule has 0 atom stereocenters. The van der Waals surface area contributed by atoms with Crippen LogP contribution in [0.2, 0.25) is 0 Å². The van der Waals surface area contributed by atoms with Gasteiger partial charge in [-0.25, -0.2) is 4.98 Å². The first kappa shape index (κ1) is 24.0. The zero-order valence-corrected chi connectivity index (χ0v) is 21.9. The lowest BCUT2D eigenvalue weighted by molar-refractivity contribution is 0.102. The number of carbonyl (C=O) groups is 1. The lowest BCUT2D eigenvalue weighted by atomic mass is 10.0. The highest BCUT2D eigenvalue weighted by atomic mass is 16.1. The van der Waals surface area contributed by atoms with E-state index < -0.39 is 0 Å². The molecule has 1 fully saturated rings. The van der Waals surface area contributed by atoms with E-state index in [0.717, 1.165) is 59.5 Å². The zero-order chi connectivity index (χ0) is 26.2. The van der Waals surface area contributed by atoms with E-state index in [0.29, 0.717) is 23.1 Å². The molecule has 9 heteroatoms. The standard InChI is InChI=1S/C29H32N8O/c1-18(2)21-6-4-5-7-23(21)32-29-33-25-15-22(27(16-26(25)34-29)37-12-10-36(3)11-13-37)28(38)31-20-9-8-19-17-30-35-24(19)14-20/h4-9,14-18H,10-13H2,1-3H3,(H,30,35)(H,31,38)(H2,32,33,34). The summed E-state index contributed by atoms with van der Waals surface area (Å²) in [5.74, 6) is 0.866. The minimum atomic E-state index is -0.164. The highest BCUT2D eigenvalue weighted by Crippen LogP contribution is 2.31. The first-order valence-corrected chi connectivity index (χ1v) is 13.0. The number of amides is 1. The first-order chi connectivity index (χ1) is 18.4. The summed E-state index contributed by atoms with van der Waals surface area (Å²) in [6.45, 7) is 7.94. The van der Waals surface area contributed by atoms with Crippen LogP contribution in [0.25, 0.3) is 21.9 Å². The van der Waals surface area contributed by atoms with E-state index in [9.17, 15) is 4.79 Å². The molecule has 1 aliphatic rings. The van der Waals surface area contributed by atoms with Crippen molar-refractivity contribution in [3.8, 4) is 0 Å². The van der Waals surface area contributed by atoms with Crippen molar-refractivity contribution >= 4 is 50.9 Å². The molecular formula is C29H32N8O. The Morgan fingerprint density at radius 2 is 1.82 bits per heavy atom. The lowest BCUT2D eigenvalue weighted by Gasteiger charge is -2.35. The van der Waals surface area contributed by atoms with Gasteiger partial charge in [0.1, 0.15) is 0 Å². The van der Waals surface area contributed by atoms with Crippen LogP contribution in [-0.2, 0) is 0 Å². The number of benzene rings is 3. The Morgan fingerprint density at radius 3 is 2.63 bits per heavy atom. The van der Waals surface area contributed by atoms with Gasteiger partial charge in [0.2, 0.25) is 5.95 Å². The molecule has 9 nitrogen and oxygen atoms in total. The molecule has 194 valence electrons. The number of fused-ring (bicyclic) bond motifs is 2. The Balaban J connectivity index is 1.36. The van der Waals surface area contributed by atoms with Crippen molar-refractivity contribution in [2.45, 2.75) is 19.8 Å². The lowest BCUT2D eigenvalue weighted by Crippen LogP contribution is -2.45. The minimum Gasteiger partial charge on any atom is -0.368 e. The van der Waals surface area contributed by atoms with Gasteiger partial charge in [-0.3, -0.25) is 9.89 Å². The molecule has 0 bridgehead atoms. The Labute approximate surface area is 221 Å². The van der Waals surface area contributed by atoms with Gasteiger partial charge in [-0.1, -0.05) is 32.0 Å². The van der Waals surface area contributed by atoms with Gasteiger partial charge in [0.05, 0.1) is 34.0 Å². The molecule has 4 N–H and O–H groups in total. The summed E-state index contributed by atoms with van der Waals surface area (Å²) >= 11 is 0. The average Bonchev–Trinajstić information content (AvgIpc) is 3.54. The molecule has 3 heterocycles. The predicted molar refractivity (Wildman–Crippen MR) is 154 cm³/mol. The number of likely N-dealkylation sites (N-methyl/N-ethyl adjacent to an activating group) is 1. The predicted octanol–water partition coefficient (Wildman–Crippen LogP) is 5.31. The van der Waals surface area contributed by atoms with Crippen molar-refractivity contribution in [3.05, 3.63) is 71.9 Å². The smallest absolute Gasteiger partial charge is 0.257 e. The molecule has 1 aliphatic heterocycles. The van der Waals surface area contributed by atoms with Crippen LogP contribution in [0.15, 0.2) is 60.8 Å². The van der Waals surface area contributed by atoms with Crippen molar-refractivity contribution in [2.75, 3.05) is 48.8 Å². The van der Waals surface area contributed by atoms with E-state index >= 15 is 0 Å². The van der Waals surface area contributed by atoms with Crippen molar-refractivity contribution in [1.82, 2.24) is 25.1 Å². The van der Waals surface area contributed by atoms with E-state index in [2.05, 4.69) is 80.8 Å². The minimum absolute atomic E-state index is 0.164. The second-order valence-corrected chi connectivity index (χ2v) is 10.3. The number of hydrogen-bond acceptors (Lipinski definition) is 6. The van der Waals surface area contributed by atoms with Crippen LogP contribution in [0.1, 0.15) is 35.7 Å². The molecule has 2 aromatic heterocycles. The number of aromatic nitrogens is 4. The Kier molecular flexibility index (Phi) is 6.21. The van der Waals surface area contributed by atoms with Gasteiger partial charge in [0, 0.05) is 42.9 Å². The number of hydrogen-bond donors (Lipinski definition) is 4. The maximum absolute atomic E-state index is 13.6. The van der Waals surface area contributed by atoms with Gasteiger partial charge in [-0.2, -0.15) is 5.10 Å². The molecular weight excluding hydrogens is 476 g/mol. The average molecular weight is 509 g/mol. The van der Waals surface area contributed by atoms with E-state index in [1.54, 1.807) is 6.20 Å². The monoisotopic (exact) mass is 508 g/mol. The van der Waals surface area contributed by atoms with Crippen LogP contribution >= 0.6 is 0 Å². The van der Waals surface area contributed by atoms with Gasteiger partial charge in [0.15, 0.2) is 0 Å². The molecule has 3 aromatic carbocycles. The van der Waals surface area contributed by atoms with E-state index in [-0.39, 0.29) is 5.91 Å². The summed E-state index contributed by atoms with van der Waals surface area (Å²) in [5.41, 5.74) is 6.97. The van der Waals surface area contributed by atoms with Crippen LogP contribution in [0.3, 0.4) is 0 Å². The number of para-hydroxylation sites is 1. The van der Waals surface area contributed by atoms with Gasteiger partial charge in [-0.05, 0) is 54.9 Å². The third-order valence-electron chi connectivity index (χ3n) is 7.22. The second kappa shape index (κ2) is 9.83. The number of nitrogens with zero attached hydrogens (tertiary/aromatic N) is 4. The van der Waals surface area contributed by atoms with Crippen LogP contribution in [-0.4, -0.2) is 64.2 Å². The molecule has 1 saturated heterocycles. The third-order valence-corrected chi connectivity index (χ3v) is 7.22. The Hall–Kier alpha value is -4.37. The van der Waals surface area contributed by atoms with Crippen LogP contribution in [0, 0.1) is 0 Å². The topological polar surface area (TPSA) is 105 Å². The highest BCUT2D eigenvalue weighted by molar-refractivity contribution is 6.11. The maximum Gasteiger partial charge on any atom is 0.257 e. The summed E-state index contributed by atoms with van der Waals surface area (Å²) in [5, 5.41) is 14.6. The molecule has 6 rings (SSSR count). The third kappa shape index (κ3) is 4.68. The summed E-state index contributed by atoms with van der Waals surface area (Å²) in [6, 6.07) is 18.0. The fraction of sp³-hybridized carbons (Fsp3) is 0.276. The normalized spacial score (nSPS) is 14.5. The van der Waals surface area contributed by atoms with Gasteiger partial charge < -0.3 is 25.4 Å². The number of carbonyl (C=O) groups excluding carboxylic acids is 1. The molecule has 5 aromatic rings. The summed E-state index contributed by atoms with van der Waals surface area (Å²) in [6.07, 6.45) is 1.77. The molecule has 0 saturated carbocycles.